The van der Waals surface area contributed by atoms with Gasteiger partial charge in [-0.15, -0.1) is 0 Å². The van der Waals surface area contributed by atoms with Crippen molar-refractivity contribution in [2.24, 2.45) is 7.05 Å². The van der Waals surface area contributed by atoms with Gasteiger partial charge in [0.15, 0.2) is 0 Å². The third kappa shape index (κ3) is 3.11. The quantitative estimate of drug-likeness (QED) is 0.927. The first-order valence-corrected chi connectivity index (χ1v) is 6.52. The van der Waals surface area contributed by atoms with Crippen molar-refractivity contribution in [3.05, 3.63) is 46.0 Å². The monoisotopic (exact) mass is 292 g/mol. The number of nitrogens with one attached hydrogen (secondary N) is 1. The van der Waals surface area contributed by atoms with Crippen molar-refractivity contribution < 1.29 is 13.9 Å². The van der Waals surface area contributed by atoms with Crippen LogP contribution in [0.25, 0.3) is 10.9 Å². The van der Waals surface area contributed by atoms with Crippen LogP contribution in [0.15, 0.2) is 29.2 Å². The summed E-state index contributed by atoms with van der Waals surface area (Å²) in [4.78, 5) is 24.5. The van der Waals surface area contributed by atoms with Gasteiger partial charge in [0.1, 0.15) is 11.4 Å². The molecule has 5 nitrogen and oxygen atoms in total. The summed E-state index contributed by atoms with van der Waals surface area (Å²) in [7, 11) is 3.23. The number of ether oxygens (including phenoxy) is 1. The Morgan fingerprint density at radius 2 is 2.19 bits per heavy atom. The average molecular weight is 292 g/mol. The van der Waals surface area contributed by atoms with Crippen LogP contribution in [0.2, 0.25) is 0 Å². The highest BCUT2D eigenvalue weighted by atomic mass is 19.1. The van der Waals surface area contributed by atoms with Crippen LogP contribution in [0.5, 0.6) is 0 Å². The zero-order valence-electron chi connectivity index (χ0n) is 12.1. The Hall–Kier alpha value is -2.21. The number of hydrogen-bond acceptors (Lipinski definition) is 3. The van der Waals surface area contributed by atoms with E-state index in [9.17, 15) is 14.0 Å². The van der Waals surface area contributed by atoms with E-state index in [0.29, 0.717) is 12.1 Å². The van der Waals surface area contributed by atoms with E-state index in [1.165, 1.54) is 25.4 Å². The first kappa shape index (κ1) is 15.2. The molecule has 0 saturated carbocycles. The Bertz CT molecular complexity index is 740. The summed E-state index contributed by atoms with van der Waals surface area (Å²) in [6, 6.07) is 3.71. The zero-order chi connectivity index (χ0) is 15.6. The SMILES string of the molecule is COCC(C)NC(=O)c1cn(C)c2ccc(F)cc2c1=O. The molecule has 1 heterocycles. The average Bonchev–Trinajstić information content (AvgIpc) is 2.42. The molecule has 0 aliphatic carbocycles. The largest absolute Gasteiger partial charge is 0.383 e. The van der Waals surface area contributed by atoms with Gasteiger partial charge in [-0.2, -0.15) is 0 Å². The summed E-state index contributed by atoms with van der Waals surface area (Å²) in [6.07, 6.45) is 1.46. The van der Waals surface area contributed by atoms with Gasteiger partial charge in [-0.05, 0) is 25.1 Å². The number of carbonyl (C=O) groups excluding carboxylic acids is 1. The van der Waals surface area contributed by atoms with Crippen LogP contribution < -0.4 is 10.7 Å². The molecule has 1 aromatic carbocycles. The summed E-state index contributed by atoms with van der Waals surface area (Å²) in [6.45, 7) is 2.11. The molecule has 2 aromatic rings. The minimum Gasteiger partial charge on any atom is -0.383 e. The number of amides is 1. The highest BCUT2D eigenvalue weighted by Crippen LogP contribution is 2.12. The summed E-state index contributed by atoms with van der Waals surface area (Å²) >= 11 is 0. The number of aryl methyl sites for hydroxylation is 1. The molecule has 112 valence electrons. The maximum atomic E-state index is 13.3. The van der Waals surface area contributed by atoms with E-state index in [2.05, 4.69) is 5.32 Å². The number of hydrogen-bond donors (Lipinski definition) is 1. The van der Waals surface area contributed by atoms with Gasteiger partial charge in [-0.25, -0.2) is 4.39 Å². The lowest BCUT2D eigenvalue weighted by Crippen LogP contribution is -2.38. The molecule has 1 aromatic heterocycles. The van der Waals surface area contributed by atoms with E-state index in [-0.39, 0.29) is 17.0 Å². The van der Waals surface area contributed by atoms with Gasteiger partial charge in [-0.1, -0.05) is 0 Å². The van der Waals surface area contributed by atoms with Crippen molar-refractivity contribution in [2.75, 3.05) is 13.7 Å². The van der Waals surface area contributed by atoms with Crippen molar-refractivity contribution in [3.63, 3.8) is 0 Å². The van der Waals surface area contributed by atoms with Crippen molar-refractivity contribution in [3.8, 4) is 0 Å². The molecule has 0 aliphatic rings. The standard InChI is InChI=1S/C15H17FN2O3/c1-9(8-21-3)17-15(20)12-7-18(2)13-5-4-10(16)6-11(13)14(12)19/h4-7,9H,8H2,1-3H3,(H,17,20). The number of rotatable bonds is 4. The number of aromatic nitrogens is 1. The number of halogens is 1. The van der Waals surface area contributed by atoms with Crippen LogP contribution in [0.1, 0.15) is 17.3 Å². The highest BCUT2D eigenvalue weighted by molar-refractivity contribution is 5.97. The van der Waals surface area contributed by atoms with Crippen molar-refractivity contribution in [1.82, 2.24) is 9.88 Å². The third-order valence-corrected chi connectivity index (χ3v) is 3.19. The van der Waals surface area contributed by atoms with Gasteiger partial charge in [0.2, 0.25) is 5.43 Å². The van der Waals surface area contributed by atoms with E-state index in [4.69, 9.17) is 4.74 Å². The normalized spacial score (nSPS) is 12.4. The molecule has 0 aliphatic heterocycles. The molecule has 0 spiro atoms. The number of fused-ring (bicyclic) bond motifs is 1. The van der Waals surface area contributed by atoms with Gasteiger partial charge in [0.25, 0.3) is 5.91 Å². The minimum absolute atomic E-state index is 0.0152. The van der Waals surface area contributed by atoms with Crippen LogP contribution in [-0.2, 0) is 11.8 Å². The molecule has 0 fully saturated rings. The lowest BCUT2D eigenvalue weighted by atomic mass is 10.1. The Kier molecular flexibility index (Phi) is 4.37. The smallest absolute Gasteiger partial charge is 0.257 e. The molecule has 1 atom stereocenters. The Morgan fingerprint density at radius 1 is 1.48 bits per heavy atom. The van der Waals surface area contributed by atoms with E-state index < -0.39 is 17.2 Å². The Balaban J connectivity index is 2.48. The third-order valence-electron chi connectivity index (χ3n) is 3.19. The van der Waals surface area contributed by atoms with Crippen molar-refractivity contribution in [2.45, 2.75) is 13.0 Å². The molecule has 6 heteroatoms. The number of benzene rings is 1. The molecular formula is C15H17FN2O3. The van der Waals surface area contributed by atoms with E-state index in [0.717, 1.165) is 6.07 Å². The van der Waals surface area contributed by atoms with Crippen LogP contribution >= 0.6 is 0 Å². The molecule has 0 radical (unpaired) electrons. The fourth-order valence-corrected chi connectivity index (χ4v) is 2.22. The fraction of sp³-hybridized carbons (Fsp3) is 0.333. The lowest BCUT2D eigenvalue weighted by Gasteiger charge is -2.14. The van der Waals surface area contributed by atoms with Gasteiger partial charge in [0.05, 0.1) is 12.1 Å². The van der Waals surface area contributed by atoms with E-state index >= 15 is 0 Å². The molecule has 0 saturated heterocycles. The van der Waals surface area contributed by atoms with Crippen molar-refractivity contribution in [1.29, 1.82) is 0 Å². The second-order valence-corrected chi connectivity index (χ2v) is 4.97. The van der Waals surface area contributed by atoms with Crippen LogP contribution in [0.4, 0.5) is 4.39 Å². The number of carbonyl (C=O) groups is 1. The first-order valence-electron chi connectivity index (χ1n) is 6.52. The second-order valence-electron chi connectivity index (χ2n) is 4.97. The number of methoxy groups -OCH3 is 1. The van der Waals surface area contributed by atoms with Gasteiger partial charge >= 0.3 is 0 Å². The predicted octanol–water partition coefficient (Wildman–Crippen LogP) is 1.44. The maximum absolute atomic E-state index is 13.3. The summed E-state index contributed by atoms with van der Waals surface area (Å²) in [5.74, 6) is -1.00. The number of nitrogens with zero attached hydrogens (tertiary/aromatic N) is 1. The lowest BCUT2D eigenvalue weighted by molar-refractivity contribution is 0.0904. The van der Waals surface area contributed by atoms with Gasteiger partial charge < -0.3 is 14.6 Å². The summed E-state index contributed by atoms with van der Waals surface area (Å²) < 4.78 is 19.9. The highest BCUT2D eigenvalue weighted by Gasteiger charge is 2.16. The molecule has 1 amide bonds. The first-order chi connectivity index (χ1) is 9.93. The molecule has 0 bridgehead atoms. The van der Waals surface area contributed by atoms with E-state index in [1.807, 2.05) is 0 Å². The molecule has 1 unspecified atom stereocenters. The predicted molar refractivity (Wildman–Crippen MR) is 78.0 cm³/mol. The summed E-state index contributed by atoms with van der Waals surface area (Å²) in [5, 5.41) is 2.86. The molecule has 2 rings (SSSR count). The second kappa shape index (κ2) is 6.05. The fourth-order valence-electron chi connectivity index (χ4n) is 2.22. The topological polar surface area (TPSA) is 60.3 Å². The maximum Gasteiger partial charge on any atom is 0.257 e. The summed E-state index contributed by atoms with van der Waals surface area (Å²) in [5.41, 5.74) is 0.0751. The number of pyridine rings is 1. The molecule has 1 N–H and O–H groups in total. The van der Waals surface area contributed by atoms with Gasteiger partial charge in [0, 0.05) is 31.8 Å². The van der Waals surface area contributed by atoms with Crippen molar-refractivity contribution >= 4 is 16.8 Å². The van der Waals surface area contributed by atoms with Gasteiger partial charge in [-0.3, -0.25) is 9.59 Å². The molecule has 21 heavy (non-hydrogen) atoms. The van der Waals surface area contributed by atoms with Crippen LogP contribution in [-0.4, -0.2) is 30.2 Å². The Morgan fingerprint density at radius 3 is 2.86 bits per heavy atom. The van der Waals surface area contributed by atoms with Crippen LogP contribution in [0.3, 0.4) is 0 Å². The van der Waals surface area contributed by atoms with E-state index in [1.54, 1.807) is 18.5 Å². The van der Waals surface area contributed by atoms with Crippen LogP contribution in [0, 0.1) is 5.82 Å². The molecular weight excluding hydrogens is 275 g/mol. The minimum atomic E-state index is -0.509. The zero-order valence-corrected chi connectivity index (χ0v) is 12.1. The Labute approximate surface area is 121 Å².